The molecule has 246 valence electrons. The van der Waals surface area contributed by atoms with Gasteiger partial charge in [-0.2, -0.15) is 5.26 Å². The number of fused-ring (bicyclic) bond motifs is 1. The first-order valence-corrected chi connectivity index (χ1v) is 15.9. The number of nitrogen functional groups attached to an aromatic ring is 1. The molecule has 0 saturated carbocycles. The maximum absolute atomic E-state index is 14.9. The number of nitriles is 1. The van der Waals surface area contributed by atoms with E-state index in [2.05, 4.69) is 18.0 Å². The highest BCUT2D eigenvalue weighted by Crippen LogP contribution is 2.45. The van der Waals surface area contributed by atoms with Crippen molar-refractivity contribution in [2.24, 2.45) is 5.92 Å². The third kappa shape index (κ3) is 5.52. The van der Waals surface area contributed by atoms with E-state index in [0.29, 0.717) is 11.1 Å². The van der Waals surface area contributed by atoms with Gasteiger partial charge in [-0.1, -0.05) is 55.2 Å². The van der Waals surface area contributed by atoms with Gasteiger partial charge in [-0.3, -0.25) is 14.2 Å². The molecule has 0 radical (unpaired) electrons. The van der Waals surface area contributed by atoms with E-state index in [1.807, 2.05) is 39.5 Å². The number of nitrogens with two attached hydrogens (primary N) is 1. The first kappa shape index (κ1) is 34.2. The number of halogens is 5. The van der Waals surface area contributed by atoms with Crippen LogP contribution in [-0.4, -0.2) is 51.6 Å². The summed E-state index contributed by atoms with van der Waals surface area (Å²) in [6.07, 6.45) is 4.83. The lowest BCUT2D eigenvalue weighted by Crippen LogP contribution is -2.58. The number of benzene rings is 1. The summed E-state index contributed by atoms with van der Waals surface area (Å²) in [5.74, 6) is -3.11. The molecular weight excluding hydrogens is 671 g/mol. The minimum Gasteiger partial charge on any atom is -0.396 e. The third-order valence-corrected chi connectivity index (χ3v) is 9.73. The molecule has 1 saturated heterocycles. The molecule has 1 fully saturated rings. The summed E-state index contributed by atoms with van der Waals surface area (Å²) < 4.78 is 30.7. The number of hydrogen-bond acceptors (Lipinski definition) is 7. The molecule has 0 aliphatic carbocycles. The van der Waals surface area contributed by atoms with Crippen molar-refractivity contribution in [2.75, 3.05) is 23.7 Å². The highest BCUT2D eigenvalue weighted by atomic mass is 35.5. The fraction of sp³-hybridized carbons (Fsp3) is 0.333. The van der Waals surface area contributed by atoms with Gasteiger partial charge in [0.25, 0.3) is 5.56 Å². The minimum absolute atomic E-state index is 0.0175. The van der Waals surface area contributed by atoms with Crippen LogP contribution in [0.3, 0.4) is 0 Å². The largest absolute Gasteiger partial charge is 0.396 e. The number of amides is 1. The summed E-state index contributed by atoms with van der Waals surface area (Å²) in [6, 6.07) is 2.61. The van der Waals surface area contributed by atoms with Gasteiger partial charge in [-0.05, 0) is 56.7 Å². The zero-order chi connectivity index (χ0) is 34.6. The Morgan fingerprint density at radius 1 is 1.19 bits per heavy atom. The molecule has 2 aromatic heterocycles. The lowest BCUT2D eigenvalue weighted by Gasteiger charge is -2.45. The maximum Gasteiger partial charge on any atom is 0.276 e. The van der Waals surface area contributed by atoms with Crippen LogP contribution in [0.15, 0.2) is 41.4 Å². The molecule has 3 atom stereocenters. The molecule has 2 aliphatic rings. The molecule has 1 unspecified atom stereocenters. The molecule has 14 heteroatoms. The van der Waals surface area contributed by atoms with Crippen molar-refractivity contribution in [3.8, 4) is 17.3 Å². The maximum atomic E-state index is 14.9. The number of hydrogen-bond donors (Lipinski definition) is 2. The quantitative estimate of drug-likeness (QED) is 0.131. The summed E-state index contributed by atoms with van der Waals surface area (Å²) in [4.78, 5) is 35.6. The van der Waals surface area contributed by atoms with E-state index in [4.69, 9.17) is 45.5 Å². The molecule has 3 N–H and O–H groups in total. The Kier molecular flexibility index (Phi) is 9.34. The van der Waals surface area contributed by atoms with E-state index in [1.165, 1.54) is 16.7 Å². The second-order valence-corrected chi connectivity index (χ2v) is 13.2. The van der Waals surface area contributed by atoms with Crippen molar-refractivity contribution in [2.45, 2.75) is 52.7 Å². The topological polar surface area (TPSA) is 120 Å². The summed E-state index contributed by atoms with van der Waals surface area (Å²) in [6.45, 7) is 13.7. The number of dihydropyridines is 1. The molecule has 47 heavy (non-hydrogen) atoms. The van der Waals surface area contributed by atoms with E-state index >= 15 is 0 Å². The van der Waals surface area contributed by atoms with E-state index in [9.17, 15) is 23.6 Å². The molecule has 0 bridgehead atoms. The standard InChI is InChI=1S/C33H32Cl3F2N7O2/c1-7-21(46)44-16(5)12-43(13-17(44)6)31-18-10-20(34)29(22-23(35)24(36)25(37)26(38)27(22)40)42-32(18)45(33(47)19(31)11-39)30-15(4)8-9-41-28(30)14(2)3/h7-10,14,16-17,28,41H,1,12-13,40H2,2-6H3/t16-,17+,28?. The Bertz CT molecular complexity index is 1980. The molecule has 1 amide bonds. The fourth-order valence-corrected chi connectivity index (χ4v) is 7.23. The summed E-state index contributed by atoms with van der Waals surface area (Å²) in [7, 11) is 0. The molecule has 1 aromatic carbocycles. The molecular formula is C33H32Cl3F2N7O2. The van der Waals surface area contributed by atoms with Crippen molar-refractivity contribution in [1.82, 2.24) is 19.8 Å². The number of carbonyl (C=O) groups is 1. The van der Waals surface area contributed by atoms with Crippen LogP contribution in [0.25, 0.3) is 28.0 Å². The lowest BCUT2D eigenvalue weighted by molar-refractivity contribution is -0.130. The number of allylic oxidation sites excluding steroid dienone is 2. The molecule has 4 heterocycles. The first-order chi connectivity index (χ1) is 22.2. The van der Waals surface area contributed by atoms with Crippen molar-refractivity contribution < 1.29 is 13.6 Å². The van der Waals surface area contributed by atoms with Crippen LogP contribution in [0.5, 0.6) is 0 Å². The van der Waals surface area contributed by atoms with Crippen LogP contribution < -0.4 is 21.5 Å². The van der Waals surface area contributed by atoms with Crippen molar-refractivity contribution in [1.29, 1.82) is 5.26 Å². The Morgan fingerprint density at radius 2 is 1.83 bits per heavy atom. The second kappa shape index (κ2) is 12.8. The third-order valence-electron chi connectivity index (χ3n) is 8.61. The van der Waals surface area contributed by atoms with Crippen LogP contribution in [0, 0.1) is 28.9 Å². The Hall–Kier alpha value is -4.11. The van der Waals surface area contributed by atoms with Crippen LogP contribution in [0.4, 0.5) is 20.2 Å². The first-order valence-electron chi connectivity index (χ1n) is 14.8. The number of nitrogens with one attached hydrogen (secondary N) is 1. The van der Waals surface area contributed by atoms with E-state index < -0.39 is 32.9 Å². The number of aromatic nitrogens is 2. The highest BCUT2D eigenvalue weighted by Gasteiger charge is 2.36. The number of anilines is 2. The predicted molar refractivity (Wildman–Crippen MR) is 183 cm³/mol. The molecule has 3 aromatic rings. The van der Waals surface area contributed by atoms with Gasteiger partial charge in [0.2, 0.25) is 5.91 Å². The van der Waals surface area contributed by atoms with E-state index in [-0.39, 0.29) is 76.2 Å². The number of pyridine rings is 2. The normalized spacial score (nSPS) is 19.7. The number of piperazine rings is 1. The van der Waals surface area contributed by atoms with Gasteiger partial charge in [-0.25, -0.2) is 13.8 Å². The van der Waals surface area contributed by atoms with Gasteiger partial charge in [0.05, 0.1) is 43.9 Å². The van der Waals surface area contributed by atoms with Gasteiger partial charge >= 0.3 is 0 Å². The van der Waals surface area contributed by atoms with Gasteiger partial charge in [-0.15, -0.1) is 0 Å². The van der Waals surface area contributed by atoms with Crippen LogP contribution in [0.2, 0.25) is 15.1 Å². The van der Waals surface area contributed by atoms with Crippen LogP contribution in [0.1, 0.15) is 40.2 Å². The van der Waals surface area contributed by atoms with Gasteiger partial charge < -0.3 is 20.9 Å². The zero-order valence-electron chi connectivity index (χ0n) is 26.3. The van der Waals surface area contributed by atoms with Gasteiger partial charge in [0.15, 0.2) is 11.6 Å². The fourth-order valence-electron chi connectivity index (χ4n) is 6.53. The average Bonchev–Trinajstić information content (AvgIpc) is 3.02. The second-order valence-electron chi connectivity index (χ2n) is 12.1. The summed E-state index contributed by atoms with van der Waals surface area (Å²) in [5.41, 5.74) is 5.75. The number of carbonyl (C=O) groups excluding carboxylic acids is 1. The monoisotopic (exact) mass is 701 g/mol. The van der Waals surface area contributed by atoms with Crippen molar-refractivity contribution in [3.05, 3.63) is 79.2 Å². The van der Waals surface area contributed by atoms with Crippen LogP contribution >= 0.6 is 34.8 Å². The highest BCUT2D eigenvalue weighted by molar-refractivity contribution is 6.45. The van der Waals surface area contributed by atoms with Crippen LogP contribution in [-0.2, 0) is 4.79 Å². The molecule has 5 rings (SSSR count). The number of nitrogens with zero attached hydrogens (tertiary/aromatic N) is 5. The zero-order valence-corrected chi connectivity index (χ0v) is 28.5. The van der Waals surface area contributed by atoms with E-state index in [0.717, 1.165) is 5.57 Å². The number of rotatable bonds is 5. The average molecular weight is 703 g/mol. The summed E-state index contributed by atoms with van der Waals surface area (Å²) in [5, 5.41) is 13.0. The summed E-state index contributed by atoms with van der Waals surface area (Å²) >= 11 is 19.3. The molecule has 2 aliphatic heterocycles. The Morgan fingerprint density at radius 3 is 2.40 bits per heavy atom. The Labute approximate surface area is 285 Å². The lowest BCUT2D eigenvalue weighted by atomic mass is 9.94. The van der Waals surface area contributed by atoms with E-state index in [1.54, 1.807) is 17.2 Å². The minimum atomic E-state index is -1.43. The molecule has 0 spiro atoms. The predicted octanol–water partition coefficient (Wildman–Crippen LogP) is 6.74. The SMILES string of the molecule is C=CC(=O)N1[C@H](C)CN(c2c(C#N)c(=O)n(C3=C(C)C=CNC3C(C)C)c3nc(-c4c(N)c(F)c(F)c(Cl)c4Cl)c(Cl)cc23)C[C@@H]1C. The van der Waals surface area contributed by atoms with Gasteiger partial charge in [0.1, 0.15) is 17.3 Å². The smallest absolute Gasteiger partial charge is 0.276 e. The Balaban J connectivity index is 1.92. The van der Waals surface area contributed by atoms with Crippen molar-refractivity contribution >= 4 is 68.8 Å². The van der Waals surface area contributed by atoms with Crippen molar-refractivity contribution in [3.63, 3.8) is 0 Å². The van der Waals surface area contributed by atoms with Gasteiger partial charge in [0, 0.05) is 36.1 Å². The molecule has 9 nitrogen and oxygen atoms in total.